The lowest BCUT2D eigenvalue weighted by molar-refractivity contribution is 0.0264. The molecule has 1 aromatic heterocycles. The first kappa shape index (κ1) is 27.4. The minimum atomic E-state index is -1.35. The summed E-state index contributed by atoms with van der Waals surface area (Å²) in [5.41, 5.74) is 0.553. The first-order valence-electron chi connectivity index (χ1n) is 12.1. The van der Waals surface area contributed by atoms with Crippen molar-refractivity contribution in [2.45, 2.75) is 31.9 Å². The summed E-state index contributed by atoms with van der Waals surface area (Å²) in [6, 6.07) is 6.52. The first-order valence-corrected chi connectivity index (χ1v) is 12.5. The predicted octanol–water partition coefficient (Wildman–Crippen LogP) is 6.26. The molecule has 1 aliphatic heterocycles. The van der Waals surface area contributed by atoms with E-state index in [9.17, 15) is 18.3 Å². The molecule has 1 fully saturated rings. The number of piperidine rings is 1. The minimum absolute atomic E-state index is 0.0512. The number of benzene rings is 2. The Hall–Kier alpha value is -2.62. The molecule has 0 saturated carbocycles. The van der Waals surface area contributed by atoms with E-state index in [4.69, 9.17) is 21.1 Å². The summed E-state index contributed by atoms with van der Waals surface area (Å²) in [6.45, 7) is 1.64. The molecule has 0 aliphatic carbocycles. The van der Waals surface area contributed by atoms with E-state index in [0.717, 1.165) is 6.07 Å². The summed E-state index contributed by atoms with van der Waals surface area (Å²) < 4.78 is 66.5. The highest BCUT2D eigenvalue weighted by Crippen LogP contribution is 2.41. The average Bonchev–Trinajstić information content (AvgIpc) is 2.90. The molecule has 0 bridgehead atoms. The zero-order valence-electron chi connectivity index (χ0n) is 20.5. The maximum absolute atomic E-state index is 15.6. The van der Waals surface area contributed by atoms with Crippen molar-refractivity contribution in [1.82, 2.24) is 9.88 Å². The molecule has 0 unspecified atom stereocenters. The number of aliphatic hydroxyl groups excluding tert-OH is 1. The molecule has 1 saturated heterocycles. The molecular weight excluding hydrogens is 512 g/mol. The van der Waals surface area contributed by atoms with Gasteiger partial charge in [0.25, 0.3) is 0 Å². The van der Waals surface area contributed by atoms with Crippen LogP contribution in [0.2, 0.25) is 5.02 Å². The zero-order chi connectivity index (χ0) is 26.6. The quantitative estimate of drug-likeness (QED) is 0.243. The van der Waals surface area contributed by atoms with Crippen molar-refractivity contribution in [3.05, 3.63) is 64.6 Å². The van der Waals surface area contributed by atoms with Crippen LogP contribution in [-0.4, -0.2) is 54.9 Å². The van der Waals surface area contributed by atoms with Gasteiger partial charge in [0.2, 0.25) is 5.82 Å². The number of rotatable bonds is 10. The van der Waals surface area contributed by atoms with Crippen LogP contribution < -0.4 is 9.47 Å². The lowest BCUT2D eigenvalue weighted by Gasteiger charge is -2.41. The van der Waals surface area contributed by atoms with Gasteiger partial charge in [-0.05, 0) is 62.4 Å². The summed E-state index contributed by atoms with van der Waals surface area (Å²) in [6.07, 6.45) is 2.03. The van der Waals surface area contributed by atoms with Gasteiger partial charge in [0.15, 0.2) is 11.6 Å². The molecule has 0 spiro atoms. The number of methoxy groups -OCH3 is 1. The average molecular weight is 541 g/mol. The largest absolute Gasteiger partial charge is 0.497 e. The minimum Gasteiger partial charge on any atom is -0.497 e. The van der Waals surface area contributed by atoms with E-state index in [-0.39, 0.29) is 24.7 Å². The zero-order valence-corrected chi connectivity index (χ0v) is 21.2. The van der Waals surface area contributed by atoms with Crippen molar-refractivity contribution in [3.63, 3.8) is 0 Å². The Kier molecular flexibility index (Phi) is 8.77. The van der Waals surface area contributed by atoms with Gasteiger partial charge in [-0.1, -0.05) is 11.6 Å². The van der Waals surface area contributed by atoms with E-state index < -0.39 is 34.8 Å². The molecule has 5 nitrogen and oxygen atoms in total. The Labute approximate surface area is 218 Å². The third-order valence-electron chi connectivity index (χ3n) is 7.19. The van der Waals surface area contributed by atoms with Crippen LogP contribution in [0.5, 0.6) is 11.5 Å². The molecule has 4 rings (SSSR count). The van der Waals surface area contributed by atoms with Gasteiger partial charge in [0, 0.05) is 42.4 Å². The summed E-state index contributed by atoms with van der Waals surface area (Å²) in [5.74, 6) is -3.31. The lowest BCUT2D eigenvalue weighted by Crippen LogP contribution is -2.43. The van der Waals surface area contributed by atoms with Crippen LogP contribution in [-0.2, 0) is 0 Å². The maximum atomic E-state index is 15.6. The topological polar surface area (TPSA) is 54.8 Å². The first-order chi connectivity index (χ1) is 17.7. The number of nitrogens with zero attached hydrogens (tertiary/aromatic N) is 2. The fourth-order valence-corrected chi connectivity index (χ4v) is 5.12. The van der Waals surface area contributed by atoms with Crippen molar-refractivity contribution in [2.24, 2.45) is 5.41 Å². The van der Waals surface area contributed by atoms with E-state index in [1.165, 1.54) is 13.3 Å². The van der Waals surface area contributed by atoms with Crippen LogP contribution in [0.15, 0.2) is 36.5 Å². The van der Waals surface area contributed by atoms with Crippen molar-refractivity contribution in [2.75, 3.05) is 40.0 Å². The maximum Gasteiger partial charge on any atom is 0.200 e. The highest BCUT2D eigenvalue weighted by Gasteiger charge is 2.35. The second-order valence-electron chi connectivity index (χ2n) is 9.46. The fraction of sp³-hybridized carbons (Fsp3) is 0.444. The second kappa shape index (κ2) is 11.8. The van der Waals surface area contributed by atoms with Gasteiger partial charge < -0.3 is 14.6 Å². The number of halogens is 5. The standard InChI is InChI=1S/C27H29ClF4N2O3/c1-36-18-2-3-23-19(14-18)25(20(28)15-33-23)21(30)4-5-27(16-35)6-8-34(9-7-27)10-11-37-24-13-17(29)12-22(31)26(24)32/h2-3,12-15,21,35H,4-11,16H2,1H3/t21-/m0/s1. The Morgan fingerprint density at radius 2 is 1.92 bits per heavy atom. The van der Waals surface area contributed by atoms with Gasteiger partial charge in [-0.3, -0.25) is 9.88 Å². The van der Waals surface area contributed by atoms with E-state index in [1.807, 2.05) is 0 Å². The molecule has 0 radical (unpaired) electrons. The number of alkyl halides is 1. The van der Waals surface area contributed by atoms with Crippen molar-refractivity contribution >= 4 is 22.5 Å². The monoisotopic (exact) mass is 540 g/mol. The Balaban J connectivity index is 1.33. The number of fused-ring (bicyclic) bond motifs is 1. The molecule has 1 N–H and O–H groups in total. The number of aromatic nitrogens is 1. The van der Waals surface area contributed by atoms with Crippen molar-refractivity contribution in [1.29, 1.82) is 0 Å². The highest BCUT2D eigenvalue weighted by atomic mass is 35.5. The Bertz CT molecular complexity index is 1240. The molecule has 3 aromatic rings. The van der Waals surface area contributed by atoms with Gasteiger partial charge >= 0.3 is 0 Å². The molecule has 2 heterocycles. The number of ether oxygens (including phenoxy) is 2. The van der Waals surface area contributed by atoms with Crippen LogP contribution in [0.1, 0.15) is 37.4 Å². The molecule has 2 aromatic carbocycles. The SMILES string of the molecule is COc1ccc2ncc(Cl)c([C@@H](F)CCC3(CO)CCN(CCOc4cc(F)cc(F)c4F)CC3)c2c1. The predicted molar refractivity (Wildman–Crippen MR) is 133 cm³/mol. The lowest BCUT2D eigenvalue weighted by atomic mass is 9.74. The summed E-state index contributed by atoms with van der Waals surface area (Å²) in [7, 11) is 1.54. The van der Waals surface area contributed by atoms with Crippen LogP contribution >= 0.6 is 11.6 Å². The summed E-state index contributed by atoms with van der Waals surface area (Å²) in [5, 5.41) is 11.0. The van der Waals surface area contributed by atoms with E-state index >= 15 is 4.39 Å². The van der Waals surface area contributed by atoms with Gasteiger partial charge in [0.05, 0.1) is 17.6 Å². The molecule has 200 valence electrons. The van der Waals surface area contributed by atoms with Crippen LogP contribution in [0, 0.1) is 22.9 Å². The van der Waals surface area contributed by atoms with Gasteiger partial charge in [0.1, 0.15) is 24.3 Å². The molecule has 1 aliphatic rings. The third-order valence-corrected chi connectivity index (χ3v) is 7.49. The number of pyridine rings is 1. The van der Waals surface area contributed by atoms with Gasteiger partial charge in [-0.15, -0.1) is 0 Å². The van der Waals surface area contributed by atoms with Gasteiger partial charge in [-0.2, -0.15) is 4.39 Å². The molecule has 1 atom stereocenters. The van der Waals surface area contributed by atoms with Gasteiger partial charge in [-0.25, -0.2) is 13.2 Å². The Morgan fingerprint density at radius 1 is 1.16 bits per heavy atom. The summed E-state index contributed by atoms with van der Waals surface area (Å²) >= 11 is 6.35. The van der Waals surface area contributed by atoms with Crippen LogP contribution in [0.25, 0.3) is 10.9 Å². The van der Waals surface area contributed by atoms with E-state index in [1.54, 1.807) is 18.2 Å². The number of hydrogen-bond donors (Lipinski definition) is 1. The molecule has 0 amide bonds. The van der Waals surface area contributed by atoms with E-state index in [0.29, 0.717) is 67.2 Å². The molecular formula is C27H29ClF4N2O3. The molecule has 37 heavy (non-hydrogen) atoms. The second-order valence-corrected chi connectivity index (χ2v) is 9.86. The summed E-state index contributed by atoms with van der Waals surface area (Å²) in [4.78, 5) is 6.34. The number of hydrogen-bond acceptors (Lipinski definition) is 5. The third kappa shape index (κ3) is 6.27. The highest BCUT2D eigenvalue weighted by molar-refractivity contribution is 6.32. The molecule has 10 heteroatoms. The van der Waals surface area contributed by atoms with Crippen molar-refractivity contribution < 1.29 is 32.1 Å². The number of likely N-dealkylation sites (tertiary alicyclic amines) is 1. The van der Waals surface area contributed by atoms with E-state index in [2.05, 4.69) is 9.88 Å². The van der Waals surface area contributed by atoms with Crippen LogP contribution in [0.4, 0.5) is 17.6 Å². The van der Waals surface area contributed by atoms with Crippen LogP contribution in [0.3, 0.4) is 0 Å². The Morgan fingerprint density at radius 3 is 2.62 bits per heavy atom. The van der Waals surface area contributed by atoms with Crippen molar-refractivity contribution in [3.8, 4) is 11.5 Å². The fourth-order valence-electron chi connectivity index (χ4n) is 4.85. The normalized spacial score (nSPS) is 16.6. The smallest absolute Gasteiger partial charge is 0.200 e. The number of aliphatic hydroxyl groups is 1.